The molecule has 0 bridgehead atoms. The molecular formula is C14H27N3. The van der Waals surface area contributed by atoms with E-state index in [-0.39, 0.29) is 6.04 Å². The highest BCUT2D eigenvalue weighted by Gasteiger charge is 2.20. The Bertz CT molecular complexity index is 320. The van der Waals surface area contributed by atoms with Crippen LogP contribution in [0.15, 0.2) is 12.5 Å². The zero-order valence-electron chi connectivity index (χ0n) is 11.9. The van der Waals surface area contributed by atoms with Crippen molar-refractivity contribution in [3.8, 4) is 0 Å². The quantitative estimate of drug-likeness (QED) is 0.825. The van der Waals surface area contributed by atoms with Crippen LogP contribution in [0.25, 0.3) is 0 Å². The monoisotopic (exact) mass is 237 g/mol. The fourth-order valence-electron chi connectivity index (χ4n) is 2.42. The maximum absolute atomic E-state index is 6.11. The van der Waals surface area contributed by atoms with E-state index in [4.69, 9.17) is 5.73 Å². The Kier molecular flexibility index (Phi) is 5.19. The van der Waals surface area contributed by atoms with Crippen LogP contribution >= 0.6 is 0 Å². The third-order valence-corrected chi connectivity index (χ3v) is 3.68. The van der Waals surface area contributed by atoms with Crippen LogP contribution < -0.4 is 5.73 Å². The van der Waals surface area contributed by atoms with Crippen LogP contribution in [0.4, 0.5) is 0 Å². The average Bonchev–Trinajstić information content (AvgIpc) is 2.71. The molecule has 0 fully saturated rings. The van der Waals surface area contributed by atoms with Crippen molar-refractivity contribution < 1.29 is 0 Å². The largest absolute Gasteiger partial charge is 0.333 e. The van der Waals surface area contributed by atoms with Gasteiger partial charge in [-0.15, -0.1) is 0 Å². The molecular weight excluding hydrogens is 210 g/mol. The van der Waals surface area contributed by atoms with Crippen molar-refractivity contribution in [3.63, 3.8) is 0 Å². The van der Waals surface area contributed by atoms with Crippen molar-refractivity contribution in [2.45, 2.75) is 53.6 Å². The highest BCUT2D eigenvalue weighted by atomic mass is 15.1. The minimum atomic E-state index is 0.109. The van der Waals surface area contributed by atoms with E-state index in [1.807, 2.05) is 12.5 Å². The number of rotatable bonds is 6. The molecule has 1 atom stereocenters. The normalized spacial score (nSPS) is 13.9. The number of aromatic nitrogens is 2. The fraction of sp³-hybridized carbons (Fsp3) is 0.786. The summed E-state index contributed by atoms with van der Waals surface area (Å²) in [5, 5.41) is 0. The molecule has 3 nitrogen and oxygen atoms in total. The minimum absolute atomic E-state index is 0.109. The van der Waals surface area contributed by atoms with Crippen molar-refractivity contribution in [2.75, 3.05) is 0 Å². The van der Waals surface area contributed by atoms with Gasteiger partial charge in [-0.2, -0.15) is 0 Å². The van der Waals surface area contributed by atoms with Gasteiger partial charge in [0, 0.05) is 18.8 Å². The summed E-state index contributed by atoms with van der Waals surface area (Å²) in [6.07, 6.45) is 4.79. The molecule has 0 radical (unpaired) electrons. The molecule has 17 heavy (non-hydrogen) atoms. The first-order valence-electron chi connectivity index (χ1n) is 6.72. The van der Waals surface area contributed by atoms with Crippen LogP contribution in [0, 0.1) is 17.8 Å². The molecule has 0 saturated carbocycles. The predicted molar refractivity (Wildman–Crippen MR) is 72.6 cm³/mol. The van der Waals surface area contributed by atoms with E-state index in [9.17, 15) is 0 Å². The molecule has 3 heteroatoms. The van der Waals surface area contributed by atoms with Gasteiger partial charge in [-0.05, 0) is 24.2 Å². The van der Waals surface area contributed by atoms with Gasteiger partial charge in [0.15, 0.2) is 0 Å². The van der Waals surface area contributed by atoms with Crippen LogP contribution in [0.5, 0.6) is 0 Å². The van der Waals surface area contributed by atoms with E-state index >= 15 is 0 Å². The Morgan fingerprint density at radius 3 is 2.29 bits per heavy atom. The Balaban J connectivity index is 2.83. The first kappa shape index (κ1) is 14.2. The van der Waals surface area contributed by atoms with Crippen molar-refractivity contribution in [1.29, 1.82) is 0 Å². The SMILES string of the molecule is CC[C@@H](N)c1cncn1CC(C(C)C)C(C)C. The molecule has 1 rings (SSSR count). The standard InChI is InChI=1S/C14H27N3/c1-6-13(15)14-7-16-9-17(14)8-12(10(2)3)11(4)5/h7,9-13H,6,8,15H2,1-5H3/t13-/m1/s1. The first-order valence-corrected chi connectivity index (χ1v) is 6.72. The minimum Gasteiger partial charge on any atom is -0.333 e. The summed E-state index contributed by atoms with van der Waals surface area (Å²) in [5.74, 6) is 2.04. The summed E-state index contributed by atoms with van der Waals surface area (Å²) in [7, 11) is 0. The van der Waals surface area contributed by atoms with Crippen LogP contribution in [0.2, 0.25) is 0 Å². The predicted octanol–water partition coefficient (Wildman–Crippen LogP) is 3.22. The molecule has 1 aromatic heterocycles. The molecule has 98 valence electrons. The Morgan fingerprint density at radius 2 is 1.82 bits per heavy atom. The van der Waals surface area contributed by atoms with E-state index in [0.717, 1.165) is 13.0 Å². The van der Waals surface area contributed by atoms with Gasteiger partial charge in [-0.25, -0.2) is 4.98 Å². The van der Waals surface area contributed by atoms with Gasteiger partial charge < -0.3 is 10.3 Å². The van der Waals surface area contributed by atoms with Crippen molar-refractivity contribution in [3.05, 3.63) is 18.2 Å². The molecule has 1 aromatic rings. The lowest BCUT2D eigenvalue weighted by Crippen LogP contribution is -2.24. The number of nitrogens with zero attached hydrogens (tertiary/aromatic N) is 2. The molecule has 0 aromatic carbocycles. The van der Waals surface area contributed by atoms with E-state index in [1.54, 1.807) is 0 Å². The molecule has 0 aliphatic heterocycles. The summed E-state index contributed by atoms with van der Waals surface area (Å²) in [4.78, 5) is 4.25. The third kappa shape index (κ3) is 3.56. The van der Waals surface area contributed by atoms with Crippen LogP contribution in [-0.4, -0.2) is 9.55 Å². The van der Waals surface area contributed by atoms with E-state index < -0.39 is 0 Å². The molecule has 0 amide bonds. The second kappa shape index (κ2) is 6.20. The number of nitrogens with two attached hydrogens (primary N) is 1. The van der Waals surface area contributed by atoms with E-state index in [1.165, 1.54) is 5.69 Å². The van der Waals surface area contributed by atoms with Crippen molar-refractivity contribution in [1.82, 2.24) is 9.55 Å². The van der Waals surface area contributed by atoms with Gasteiger partial charge in [-0.1, -0.05) is 34.6 Å². The lowest BCUT2D eigenvalue weighted by Gasteiger charge is -2.26. The van der Waals surface area contributed by atoms with Gasteiger partial charge >= 0.3 is 0 Å². The maximum Gasteiger partial charge on any atom is 0.0948 e. The summed E-state index contributed by atoms with van der Waals surface area (Å²) in [6, 6.07) is 0.109. The smallest absolute Gasteiger partial charge is 0.0948 e. The molecule has 0 aliphatic carbocycles. The summed E-state index contributed by atoms with van der Waals surface area (Å²) in [6.45, 7) is 12.3. The van der Waals surface area contributed by atoms with Gasteiger partial charge in [0.1, 0.15) is 0 Å². The Hall–Kier alpha value is -0.830. The van der Waals surface area contributed by atoms with Crippen LogP contribution in [-0.2, 0) is 6.54 Å². The zero-order chi connectivity index (χ0) is 13.0. The van der Waals surface area contributed by atoms with Gasteiger partial charge in [-0.3, -0.25) is 0 Å². The lowest BCUT2D eigenvalue weighted by atomic mass is 9.85. The topological polar surface area (TPSA) is 43.8 Å². The van der Waals surface area contributed by atoms with Gasteiger partial charge in [0.05, 0.1) is 12.0 Å². The number of hydrogen-bond acceptors (Lipinski definition) is 2. The highest BCUT2D eigenvalue weighted by molar-refractivity contribution is 5.04. The number of imidazole rings is 1. The lowest BCUT2D eigenvalue weighted by molar-refractivity contribution is 0.248. The highest BCUT2D eigenvalue weighted by Crippen LogP contribution is 2.24. The van der Waals surface area contributed by atoms with Crippen molar-refractivity contribution in [2.24, 2.45) is 23.5 Å². The zero-order valence-corrected chi connectivity index (χ0v) is 11.9. The fourth-order valence-corrected chi connectivity index (χ4v) is 2.42. The van der Waals surface area contributed by atoms with Crippen LogP contribution in [0.1, 0.15) is 52.8 Å². The Morgan fingerprint density at radius 1 is 1.24 bits per heavy atom. The molecule has 0 unspecified atom stereocenters. The third-order valence-electron chi connectivity index (χ3n) is 3.68. The molecule has 0 aliphatic rings. The van der Waals surface area contributed by atoms with Crippen LogP contribution in [0.3, 0.4) is 0 Å². The van der Waals surface area contributed by atoms with E-state index in [0.29, 0.717) is 17.8 Å². The first-order chi connectivity index (χ1) is 7.97. The second-order valence-electron chi connectivity index (χ2n) is 5.64. The molecule has 0 spiro atoms. The molecule has 2 N–H and O–H groups in total. The number of hydrogen-bond donors (Lipinski definition) is 1. The van der Waals surface area contributed by atoms with Crippen molar-refractivity contribution >= 4 is 0 Å². The van der Waals surface area contributed by atoms with Gasteiger partial charge in [0.2, 0.25) is 0 Å². The molecule has 1 heterocycles. The average molecular weight is 237 g/mol. The second-order valence-corrected chi connectivity index (χ2v) is 5.64. The summed E-state index contributed by atoms with van der Waals surface area (Å²) in [5.41, 5.74) is 7.27. The Labute approximate surface area is 105 Å². The summed E-state index contributed by atoms with van der Waals surface area (Å²) >= 11 is 0. The molecule has 0 saturated heterocycles. The van der Waals surface area contributed by atoms with Gasteiger partial charge in [0.25, 0.3) is 0 Å². The summed E-state index contributed by atoms with van der Waals surface area (Å²) < 4.78 is 2.23. The van der Waals surface area contributed by atoms with E-state index in [2.05, 4.69) is 44.2 Å². The maximum atomic E-state index is 6.11.